The van der Waals surface area contributed by atoms with Crippen molar-refractivity contribution in [2.75, 3.05) is 7.11 Å². The van der Waals surface area contributed by atoms with Crippen molar-refractivity contribution >= 4 is 22.5 Å². The molecule has 6 nitrogen and oxygen atoms in total. The first-order valence-electron chi connectivity index (χ1n) is 8.38. The van der Waals surface area contributed by atoms with Gasteiger partial charge in [0.2, 0.25) is 5.88 Å². The molecule has 1 aromatic heterocycles. The summed E-state index contributed by atoms with van der Waals surface area (Å²) in [4.78, 5) is 11.9. The number of aromatic nitrogens is 1. The van der Waals surface area contributed by atoms with E-state index in [1.807, 2.05) is 12.1 Å². The van der Waals surface area contributed by atoms with Gasteiger partial charge in [0.05, 0.1) is 12.6 Å². The lowest BCUT2D eigenvalue weighted by atomic mass is 10.1. The van der Waals surface area contributed by atoms with E-state index in [1.54, 1.807) is 24.8 Å². The average molecular weight is 331 g/mol. The van der Waals surface area contributed by atoms with Crippen molar-refractivity contribution < 1.29 is 14.6 Å². The number of hydrogen-bond acceptors (Lipinski definition) is 4. The Balaban J connectivity index is 2.11. The molecule has 1 heterocycles. The number of rotatable bonds is 8. The Morgan fingerprint density at radius 2 is 2.00 bits per heavy atom. The molecule has 0 radical (unpaired) electrons. The number of aromatic hydroxyl groups is 1. The third kappa shape index (κ3) is 4.13. The van der Waals surface area contributed by atoms with Gasteiger partial charge in [-0.1, -0.05) is 32.6 Å². The van der Waals surface area contributed by atoms with E-state index in [1.165, 1.54) is 12.8 Å². The Morgan fingerprint density at radius 3 is 2.71 bits per heavy atom. The van der Waals surface area contributed by atoms with Crippen LogP contribution in [0.5, 0.6) is 11.6 Å². The van der Waals surface area contributed by atoms with Crippen molar-refractivity contribution in [3.05, 3.63) is 18.2 Å². The van der Waals surface area contributed by atoms with Crippen LogP contribution in [-0.4, -0.2) is 22.7 Å². The second-order valence-electron chi connectivity index (χ2n) is 5.87. The van der Waals surface area contributed by atoms with Crippen LogP contribution in [0.15, 0.2) is 28.4 Å². The van der Waals surface area contributed by atoms with Gasteiger partial charge in [-0.05, 0) is 24.6 Å². The molecule has 0 fully saturated rings. The third-order valence-corrected chi connectivity index (χ3v) is 4.11. The molecule has 0 saturated heterocycles. The van der Waals surface area contributed by atoms with E-state index in [0.29, 0.717) is 23.2 Å². The van der Waals surface area contributed by atoms with Crippen LogP contribution in [0.1, 0.15) is 45.4 Å². The topological polar surface area (TPSA) is 76.2 Å². The molecular weight excluding hydrogens is 306 g/mol. The van der Waals surface area contributed by atoms with Gasteiger partial charge in [-0.15, -0.1) is 10.2 Å². The first-order chi connectivity index (χ1) is 11.6. The van der Waals surface area contributed by atoms with Crippen molar-refractivity contribution in [2.45, 2.75) is 45.4 Å². The first-order valence-corrected chi connectivity index (χ1v) is 8.38. The van der Waals surface area contributed by atoms with Crippen molar-refractivity contribution in [3.8, 4) is 11.6 Å². The number of fused-ring (bicyclic) bond motifs is 1. The summed E-state index contributed by atoms with van der Waals surface area (Å²) in [5, 5.41) is 18.7. The maximum atomic E-state index is 11.9. The number of aryl methyl sites for hydroxylation is 1. The largest absolute Gasteiger partial charge is 0.497 e. The number of amides is 1. The molecular formula is C18H25N3O3. The summed E-state index contributed by atoms with van der Waals surface area (Å²) in [5.74, 6) is 0.385. The lowest BCUT2D eigenvalue weighted by molar-refractivity contribution is -0.118. The molecule has 0 spiro atoms. The highest BCUT2D eigenvalue weighted by molar-refractivity contribution is 5.96. The molecule has 0 atom stereocenters. The number of carbonyl (C=O) groups is 1. The molecule has 0 aliphatic heterocycles. The smallest absolute Gasteiger partial charge is 0.264 e. The van der Waals surface area contributed by atoms with E-state index >= 15 is 0 Å². The number of unbranched alkanes of at least 4 members (excludes halogenated alkanes) is 4. The Bertz CT molecular complexity index is 735. The van der Waals surface area contributed by atoms with Crippen molar-refractivity contribution in [3.63, 3.8) is 0 Å². The van der Waals surface area contributed by atoms with Gasteiger partial charge in [0.25, 0.3) is 5.91 Å². The number of azo groups is 1. The highest BCUT2D eigenvalue weighted by Crippen LogP contribution is 2.39. The molecule has 24 heavy (non-hydrogen) atoms. The number of ether oxygens (including phenoxy) is 1. The molecule has 130 valence electrons. The molecule has 0 aliphatic rings. The summed E-state index contributed by atoms with van der Waals surface area (Å²) in [5.41, 5.74) is 1.10. The Hall–Kier alpha value is -2.37. The van der Waals surface area contributed by atoms with E-state index in [4.69, 9.17) is 4.74 Å². The lowest BCUT2D eigenvalue weighted by Crippen LogP contribution is -1.91. The fourth-order valence-electron chi connectivity index (χ4n) is 2.65. The summed E-state index contributed by atoms with van der Waals surface area (Å²) in [7, 11) is 3.31. The predicted octanol–water partition coefficient (Wildman–Crippen LogP) is 4.86. The average Bonchev–Trinajstić information content (AvgIpc) is 2.83. The number of hydrogen-bond donors (Lipinski definition) is 1. The molecule has 2 rings (SSSR count). The molecule has 1 aromatic carbocycles. The summed E-state index contributed by atoms with van der Waals surface area (Å²) >= 11 is 0. The van der Waals surface area contributed by atoms with Gasteiger partial charge < -0.3 is 14.4 Å². The number of carbonyl (C=O) groups excluding carboxylic acids is 1. The normalized spacial score (nSPS) is 11.5. The maximum absolute atomic E-state index is 11.9. The lowest BCUT2D eigenvalue weighted by Gasteiger charge is -2.00. The van der Waals surface area contributed by atoms with Crippen LogP contribution in [0.25, 0.3) is 10.9 Å². The van der Waals surface area contributed by atoms with Gasteiger partial charge in [0.15, 0.2) is 5.69 Å². The highest BCUT2D eigenvalue weighted by Gasteiger charge is 2.15. The van der Waals surface area contributed by atoms with Crippen LogP contribution in [-0.2, 0) is 11.8 Å². The predicted molar refractivity (Wildman–Crippen MR) is 94.0 cm³/mol. The Morgan fingerprint density at radius 1 is 1.25 bits per heavy atom. The SMILES string of the molecule is CCCCCCCC(=O)N=Nc1c(O)n(C)c2ccc(OC)cc12. The molecule has 0 bridgehead atoms. The standard InChI is InChI=1S/C18H25N3O3/c1-4-5-6-7-8-9-16(22)19-20-17-14-12-13(24-3)10-11-15(14)21(2)18(17)23/h10-12,23H,4-9H2,1-3H3. The van der Waals surface area contributed by atoms with E-state index in [9.17, 15) is 9.90 Å². The minimum atomic E-state index is -0.259. The van der Waals surface area contributed by atoms with E-state index in [2.05, 4.69) is 17.2 Å². The molecule has 0 aliphatic carbocycles. The monoisotopic (exact) mass is 331 g/mol. The van der Waals surface area contributed by atoms with Crippen LogP contribution in [0, 0.1) is 0 Å². The number of benzene rings is 1. The molecule has 0 saturated carbocycles. The van der Waals surface area contributed by atoms with Crippen LogP contribution >= 0.6 is 0 Å². The Kier molecular flexibility index (Phi) is 6.35. The quantitative estimate of drug-likeness (QED) is 0.554. The summed E-state index contributed by atoms with van der Waals surface area (Å²) in [6.07, 6.45) is 5.77. The summed E-state index contributed by atoms with van der Waals surface area (Å²) in [6, 6.07) is 5.42. The van der Waals surface area contributed by atoms with Gasteiger partial charge in [-0.2, -0.15) is 0 Å². The van der Waals surface area contributed by atoms with Crippen LogP contribution < -0.4 is 4.74 Å². The maximum Gasteiger partial charge on any atom is 0.264 e. The zero-order valence-corrected chi connectivity index (χ0v) is 14.6. The molecule has 1 N–H and O–H groups in total. The van der Waals surface area contributed by atoms with E-state index in [0.717, 1.165) is 24.8 Å². The molecule has 0 unspecified atom stereocenters. The van der Waals surface area contributed by atoms with Gasteiger partial charge in [-0.25, -0.2) is 0 Å². The number of methoxy groups -OCH3 is 1. The summed E-state index contributed by atoms with van der Waals surface area (Å²) in [6.45, 7) is 2.16. The Labute approximate surface area is 142 Å². The van der Waals surface area contributed by atoms with Gasteiger partial charge in [0.1, 0.15) is 5.75 Å². The molecule has 1 amide bonds. The number of nitrogens with zero attached hydrogens (tertiary/aromatic N) is 3. The van der Waals surface area contributed by atoms with Crippen LogP contribution in [0.2, 0.25) is 0 Å². The van der Waals surface area contributed by atoms with Crippen molar-refractivity contribution in [2.24, 2.45) is 17.3 Å². The minimum Gasteiger partial charge on any atom is -0.497 e. The van der Waals surface area contributed by atoms with Crippen molar-refractivity contribution in [1.29, 1.82) is 0 Å². The molecule has 2 aromatic rings. The second kappa shape index (κ2) is 8.47. The first kappa shape index (κ1) is 18.0. The van der Waals surface area contributed by atoms with Gasteiger partial charge >= 0.3 is 0 Å². The fourth-order valence-corrected chi connectivity index (χ4v) is 2.65. The van der Waals surface area contributed by atoms with E-state index in [-0.39, 0.29) is 11.8 Å². The van der Waals surface area contributed by atoms with Gasteiger partial charge in [0, 0.05) is 18.9 Å². The zero-order valence-electron chi connectivity index (χ0n) is 14.6. The van der Waals surface area contributed by atoms with Gasteiger partial charge in [-0.3, -0.25) is 4.79 Å². The van der Waals surface area contributed by atoms with E-state index < -0.39 is 0 Å². The highest BCUT2D eigenvalue weighted by atomic mass is 16.5. The molecule has 6 heteroatoms. The summed E-state index contributed by atoms with van der Waals surface area (Å²) < 4.78 is 6.82. The van der Waals surface area contributed by atoms with Crippen LogP contribution in [0.3, 0.4) is 0 Å². The van der Waals surface area contributed by atoms with Crippen LogP contribution in [0.4, 0.5) is 5.69 Å². The third-order valence-electron chi connectivity index (χ3n) is 4.11. The minimum absolute atomic E-state index is 0.0160. The van der Waals surface area contributed by atoms with Crippen molar-refractivity contribution in [1.82, 2.24) is 4.57 Å². The fraction of sp³-hybridized carbons (Fsp3) is 0.500. The second-order valence-corrected chi connectivity index (χ2v) is 5.87. The zero-order chi connectivity index (χ0) is 17.5.